The van der Waals surface area contributed by atoms with Gasteiger partial charge in [0.15, 0.2) is 0 Å². The van der Waals surface area contributed by atoms with Crippen molar-refractivity contribution in [2.75, 3.05) is 6.54 Å². The summed E-state index contributed by atoms with van der Waals surface area (Å²) in [5.41, 5.74) is 1.26. The smallest absolute Gasteiger partial charge is 0.223 e. The maximum absolute atomic E-state index is 13.0. The van der Waals surface area contributed by atoms with Gasteiger partial charge in [-0.2, -0.15) is 0 Å². The molecular formula is C20H26N2OS. The predicted octanol–water partition coefficient (Wildman–Crippen LogP) is 4.84. The van der Waals surface area contributed by atoms with Crippen molar-refractivity contribution in [2.24, 2.45) is 5.92 Å². The zero-order valence-corrected chi connectivity index (χ0v) is 15.0. The van der Waals surface area contributed by atoms with Crippen LogP contribution in [0.2, 0.25) is 0 Å². The van der Waals surface area contributed by atoms with Crippen molar-refractivity contribution < 1.29 is 4.79 Å². The first-order valence-corrected chi connectivity index (χ1v) is 10.2. The Balaban J connectivity index is 1.49. The molecule has 3 heterocycles. The van der Waals surface area contributed by atoms with Crippen molar-refractivity contribution in [1.82, 2.24) is 9.47 Å². The van der Waals surface area contributed by atoms with Gasteiger partial charge in [0.25, 0.3) is 0 Å². The summed E-state index contributed by atoms with van der Waals surface area (Å²) in [5, 5.41) is 2.11. The lowest BCUT2D eigenvalue weighted by Gasteiger charge is -2.37. The van der Waals surface area contributed by atoms with Crippen molar-refractivity contribution in [1.29, 1.82) is 0 Å². The second-order valence-electron chi connectivity index (χ2n) is 7.17. The lowest BCUT2D eigenvalue weighted by atomic mass is 9.86. The van der Waals surface area contributed by atoms with Crippen LogP contribution in [0.1, 0.15) is 61.6 Å². The number of aromatic nitrogens is 1. The molecule has 2 aliphatic rings. The van der Waals surface area contributed by atoms with E-state index in [-0.39, 0.29) is 6.04 Å². The number of hydrogen-bond donors (Lipinski definition) is 0. The summed E-state index contributed by atoms with van der Waals surface area (Å²) in [6.07, 6.45) is 10.7. The molecule has 1 atom stereocenters. The highest BCUT2D eigenvalue weighted by Crippen LogP contribution is 2.36. The van der Waals surface area contributed by atoms with Gasteiger partial charge in [-0.1, -0.05) is 38.2 Å². The number of carbonyl (C=O) groups excluding carboxylic acids is 1. The van der Waals surface area contributed by atoms with E-state index in [1.165, 1.54) is 42.7 Å². The zero-order chi connectivity index (χ0) is 16.4. The van der Waals surface area contributed by atoms with Crippen LogP contribution in [0.3, 0.4) is 0 Å². The van der Waals surface area contributed by atoms with E-state index in [1.807, 2.05) is 0 Å². The third-order valence-corrected chi connectivity index (χ3v) is 6.59. The van der Waals surface area contributed by atoms with Crippen LogP contribution in [0.4, 0.5) is 0 Å². The van der Waals surface area contributed by atoms with E-state index in [9.17, 15) is 4.79 Å². The normalized spacial score (nSPS) is 21.7. The maximum Gasteiger partial charge on any atom is 0.223 e. The van der Waals surface area contributed by atoms with Crippen LogP contribution in [-0.4, -0.2) is 21.9 Å². The van der Waals surface area contributed by atoms with Gasteiger partial charge >= 0.3 is 0 Å². The number of rotatable bonds is 4. The molecule has 1 aliphatic heterocycles. The lowest BCUT2D eigenvalue weighted by Crippen LogP contribution is -2.42. The van der Waals surface area contributed by atoms with E-state index in [0.717, 1.165) is 25.4 Å². The van der Waals surface area contributed by atoms with Crippen LogP contribution in [-0.2, 0) is 11.3 Å². The second-order valence-corrected chi connectivity index (χ2v) is 8.15. The Morgan fingerprint density at radius 1 is 1.12 bits per heavy atom. The van der Waals surface area contributed by atoms with Gasteiger partial charge in [0.1, 0.15) is 6.04 Å². The first kappa shape index (κ1) is 15.9. The quantitative estimate of drug-likeness (QED) is 0.780. The summed E-state index contributed by atoms with van der Waals surface area (Å²) < 4.78 is 2.30. The van der Waals surface area contributed by atoms with Crippen LogP contribution < -0.4 is 0 Å². The third-order valence-electron chi connectivity index (χ3n) is 5.66. The molecule has 1 aliphatic carbocycles. The van der Waals surface area contributed by atoms with E-state index in [0.29, 0.717) is 12.3 Å². The fourth-order valence-electron chi connectivity index (χ4n) is 4.35. The predicted molar refractivity (Wildman–Crippen MR) is 98.1 cm³/mol. The van der Waals surface area contributed by atoms with Gasteiger partial charge in [0.05, 0.1) is 0 Å². The van der Waals surface area contributed by atoms with E-state index in [1.54, 1.807) is 11.3 Å². The molecule has 2 aromatic rings. The van der Waals surface area contributed by atoms with E-state index in [2.05, 4.69) is 45.3 Å². The summed E-state index contributed by atoms with van der Waals surface area (Å²) in [5.74, 6) is 1.11. The molecule has 0 spiro atoms. The molecule has 4 heteroatoms. The SMILES string of the molecule is O=C(CCC1CCCCC1)N1CCn2cccc2C1c1cccs1. The average molecular weight is 343 g/mol. The van der Waals surface area contributed by atoms with Crippen molar-refractivity contribution in [3.8, 4) is 0 Å². The number of thiophene rings is 1. The largest absolute Gasteiger partial charge is 0.347 e. The molecule has 0 N–H and O–H groups in total. The minimum atomic E-state index is 0.104. The Morgan fingerprint density at radius 3 is 2.79 bits per heavy atom. The number of amides is 1. The highest BCUT2D eigenvalue weighted by molar-refractivity contribution is 7.10. The number of nitrogens with zero attached hydrogens (tertiary/aromatic N) is 2. The fraction of sp³-hybridized carbons (Fsp3) is 0.550. The van der Waals surface area contributed by atoms with Crippen LogP contribution in [0, 0.1) is 5.92 Å². The Bertz CT molecular complexity index is 670. The Kier molecular flexibility index (Phi) is 4.74. The van der Waals surface area contributed by atoms with Gasteiger partial charge in [-0.3, -0.25) is 4.79 Å². The van der Waals surface area contributed by atoms with E-state index >= 15 is 0 Å². The van der Waals surface area contributed by atoms with Gasteiger partial charge in [-0.25, -0.2) is 0 Å². The lowest BCUT2D eigenvalue weighted by molar-refractivity contribution is -0.134. The second kappa shape index (κ2) is 7.14. The molecule has 0 saturated heterocycles. The van der Waals surface area contributed by atoms with Crippen molar-refractivity contribution in [3.63, 3.8) is 0 Å². The molecule has 1 fully saturated rings. The monoisotopic (exact) mass is 342 g/mol. The minimum Gasteiger partial charge on any atom is -0.347 e. The van der Waals surface area contributed by atoms with Gasteiger partial charge in [0, 0.05) is 36.3 Å². The van der Waals surface area contributed by atoms with Crippen molar-refractivity contribution in [3.05, 3.63) is 46.4 Å². The molecule has 128 valence electrons. The highest BCUT2D eigenvalue weighted by atomic mass is 32.1. The molecular weight excluding hydrogens is 316 g/mol. The minimum absolute atomic E-state index is 0.104. The van der Waals surface area contributed by atoms with Gasteiger partial charge in [-0.15, -0.1) is 11.3 Å². The van der Waals surface area contributed by atoms with E-state index in [4.69, 9.17) is 0 Å². The summed E-state index contributed by atoms with van der Waals surface area (Å²) in [6, 6.07) is 8.63. The molecule has 3 nitrogen and oxygen atoms in total. The van der Waals surface area contributed by atoms with Crippen molar-refractivity contribution >= 4 is 17.2 Å². The van der Waals surface area contributed by atoms with Crippen LogP contribution in [0.15, 0.2) is 35.8 Å². The summed E-state index contributed by atoms with van der Waals surface area (Å²) in [6.45, 7) is 1.74. The molecule has 1 amide bonds. The number of carbonyl (C=O) groups is 1. The number of hydrogen-bond acceptors (Lipinski definition) is 2. The summed E-state index contributed by atoms with van der Waals surface area (Å²) >= 11 is 1.76. The molecule has 0 bridgehead atoms. The Hall–Kier alpha value is -1.55. The third kappa shape index (κ3) is 3.16. The fourth-order valence-corrected chi connectivity index (χ4v) is 5.19. The zero-order valence-electron chi connectivity index (χ0n) is 14.2. The summed E-state index contributed by atoms with van der Waals surface area (Å²) in [7, 11) is 0. The molecule has 0 radical (unpaired) electrons. The first-order chi connectivity index (χ1) is 11.8. The molecule has 2 aromatic heterocycles. The molecule has 4 rings (SSSR count). The Labute approximate surface area is 148 Å². The number of fused-ring (bicyclic) bond motifs is 1. The van der Waals surface area contributed by atoms with Crippen LogP contribution >= 0.6 is 11.3 Å². The van der Waals surface area contributed by atoms with Crippen molar-refractivity contribution in [2.45, 2.75) is 57.5 Å². The van der Waals surface area contributed by atoms with Gasteiger partial charge in [-0.05, 0) is 35.9 Å². The molecule has 1 saturated carbocycles. The standard InChI is InChI=1S/C20H26N2OS/c23-19(11-10-16-6-2-1-3-7-16)22-14-13-21-12-4-8-17(21)20(22)18-9-5-15-24-18/h4-5,8-9,12,15-16,20H,1-3,6-7,10-11,13-14H2. The Morgan fingerprint density at radius 2 is 2.00 bits per heavy atom. The maximum atomic E-state index is 13.0. The molecule has 24 heavy (non-hydrogen) atoms. The summed E-state index contributed by atoms with van der Waals surface area (Å²) in [4.78, 5) is 16.4. The average Bonchev–Trinajstić information content (AvgIpc) is 3.31. The molecule has 0 aromatic carbocycles. The topological polar surface area (TPSA) is 25.2 Å². The van der Waals surface area contributed by atoms with Gasteiger partial charge < -0.3 is 9.47 Å². The van der Waals surface area contributed by atoms with Gasteiger partial charge in [0.2, 0.25) is 5.91 Å². The molecule has 1 unspecified atom stereocenters. The highest BCUT2D eigenvalue weighted by Gasteiger charge is 2.32. The van der Waals surface area contributed by atoms with E-state index < -0.39 is 0 Å². The first-order valence-electron chi connectivity index (χ1n) is 9.31. The van der Waals surface area contributed by atoms with Crippen LogP contribution in [0.25, 0.3) is 0 Å². The van der Waals surface area contributed by atoms with Crippen LogP contribution in [0.5, 0.6) is 0 Å².